The third-order valence-electron chi connectivity index (χ3n) is 0.726. The van der Waals surface area contributed by atoms with Crippen LogP contribution in [0.5, 0.6) is 0 Å². The van der Waals surface area contributed by atoms with E-state index in [0.717, 1.165) is 0 Å². The summed E-state index contributed by atoms with van der Waals surface area (Å²) in [7, 11) is 0. The number of carbonyl (C=O) groups excluding carboxylic acids is 1. The molecule has 4 heteroatoms. The van der Waals surface area contributed by atoms with E-state index in [1.165, 1.54) is 0 Å². The zero-order valence-corrected chi connectivity index (χ0v) is 8.24. The van der Waals surface area contributed by atoms with Crippen LogP contribution in [-0.4, -0.2) is 17.1 Å². The number of alkyl carbamates (subject to hydrolysis) is 1. The Labute approximate surface area is 72.9 Å². The fourth-order valence-electron chi connectivity index (χ4n) is 0.478. The van der Waals surface area contributed by atoms with Gasteiger partial charge in [0, 0.05) is 0 Å². The smallest absolute Gasteiger partial charge is 0.408 e. The molecule has 0 aromatic heterocycles. The normalized spacial score (nSPS) is 13.9. The van der Waals surface area contributed by atoms with Crippen LogP contribution in [0.15, 0.2) is 0 Å². The fraction of sp³-hybridized carbons (Fsp3) is 0.857. The van der Waals surface area contributed by atoms with Crippen LogP contribution >= 0.6 is 12.6 Å². The first-order valence-electron chi connectivity index (χ1n) is 3.49. The first-order valence-corrected chi connectivity index (χ1v) is 4.00. The fourth-order valence-corrected chi connectivity index (χ4v) is 0.584. The van der Waals surface area contributed by atoms with Gasteiger partial charge in [0.25, 0.3) is 0 Å². The second kappa shape index (κ2) is 3.85. The molecular formula is C7H15NO2S. The highest BCUT2D eigenvalue weighted by Gasteiger charge is 2.16. The number of ether oxygens (including phenoxy) is 1. The Morgan fingerprint density at radius 3 is 2.27 bits per heavy atom. The number of rotatable bonds is 1. The Morgan fingerprint density at radius 2 is 2.00 bits per heavy atom. The minimum atomic E-state index is -0.438. The lowest BCUT2D eigenvalue weighted by molar-refractivity contribution is 0.0525. The second-order valence-corrected chi connectivity index (χ2v) is 4.10. The van der Waals surface area contributed by atoms with E-state index in [2.05, 4.69) is 17.9 Å². The van der Waals surface area contributed by atoms with Gasteiger partial charge in [-0.15, -0.1) is 0 Å². The Kier molecular flexibility index (Phi) is 3.72. The van der Waals surface area contributed by atoms with E-state index in [1.54, 1.807) is 6.92 Å². The van der Waals surface area contributed by atoms with Gasteiger partial charge in [-0.1, -0.05) is 0 Å². The minimum absolute atomic E-state index is 0.176. The third-order valence-corrected chi connectivity index (χ3v) is 0.855. The van der Waals surface area contributed by atoms with Crippen LogP contribution in [0.25, 0.3) is 0 Å². The van der Waals surface area contributed by atoms with Crippen molar-refractivity contribution in [2.24, 2.45) is 0 Å². The van der Waals surface area contributed by atoms with Crippen LogP contribution in [0.2, 0.25) is 0 Å². The maximum absolute atomic E-state index is 10.9. The lowest BCUT2D eigenvalue weighted by Gasteiger charge is -2.20. The van der Waals surface area contributed by atoms with E-state index < -0.39 is 11.7 Å². The molecule has 1 N–H and O–H groups in total. The summed E-state index contributed by atoms with van der Waals surface area (Å²) in [5.41, 5.74) is -0.438. The maximum atomic E-state index is 10.9. The Morgan fingerprint density at radius 1 is 1.55 bits per heavy atom. The lowest BCUT2D eigenvalue weighted by atomic mass is 10.2. The highest BCUT2D eigenvalue weighted by Crippen LogP contribution is 2.06. The van der Waals surface area contributed by atoms with Crippen LogP contribution in [0.3, 0.4) is 0 Å². The van der Waals surface area contributed by atoms with E-state index in [0.29, 0.717) is 0 Å². The van der Waals surface area contributed by atoms with Gasteiger partial charge in [0.15, 0.2) is 0 Å². The van der Waals surface area contributed by atoms with E-state index in [4.69, 9.17) is 4.74 Å². The molecule has 0 heterocycles. The van der Waals surface area contributed by atoms with Gasteiger partial charge in [0.1, 0.15) is 5.60 Å². The van der Waals surface area contributed by atoms with Crippen molar-refractivity contribution < 1.29 is 9.53 Å². The maximum Gasteiger partial charge on any atom is 0.408 e. The van der Waals surface area contributed by atoms with E-state index >= 15 is 0 Å². The molecule has 0 aliphatic heterocycles. The highest BCUT2D eigenvalue weighted by molar-refractivity contribution is 7.80. The molecular weight excluding hydrogens is 162 g/mol. The predicted molar refractivity (Wildman–Crippen MR) is 47.8 cm³/mol. The lowest BCUT2D eigenvalue weighted by Crippen LogP contribution is -2.35. The van der Waals surface area contributed by atoms with E-state index in [-0.39, 0.29) is 5.37 Å². The molecule has 1 unspecified atom stereocenters. The number of hydrogen-bond acceptors (Lipinski definition) is 3. The van der Waals surface area contributed by atoms with Gasteiger partial charge in [-0.25, -0.2) is 4.79 Å². The third kappa shape index (κ3) is 7.52. The first kappa shape index (κ1) is 10.6. The van der Waals surface area contributed by atoms with Crippen LogP contribution in [-0.2, 0) is 4.74 Å². The molecule has 0 aromatic rings. The number of thiol groups is 1. The van der Waals surface area contributed by atoms with Crippen molar-refractivity contribution in [1.82, 2.24) is 5.32 Å². The standard InChI is InChI=1S/C7H15NO2S/c1-5(11)8-6(9)10-7(2,3)4/h5,11H,1-4H3,(H,8,9). The molecule has 0 bridgehead atoms. The number of hydrogen-bond donors (Lipinski definition) is 2. The second-order valence-electron chi connectivity index (χ2n) is 3.32. The molecule has 0 rings (SSSR count). The van der Waals surface area contributed by atoms with Gasteiger partial charge in [0.05, 0.1) is 5.37 Å². The summed E-state index contributed by atoms with van der Waals surface area (Å²) < 4.78 is 4.95. The van der Waals surface area contributed by atoms with Crippen LogP contribution < -0.4 is 5.32 Å². The number of amides is 1. The van der Waals surface area contributed by atoms with E-state index in [1.807, 2.05) is 20.8 Å². The molecule has 0 saturated heterocycles. The quantitative estimate of drug-likeness (QED) is 0.473. The molecule has 66 valence electrons. The van der Waals surface area contributed by atoms with Crippen LogP contribution in [0, 0.1) is 0 Å². The van der Waals surface area contributed by atoms with Gasteiger partial charge in [-0.3, -0.25) is 0 Å². The van der Waals surface area contributed by atoms with Gasteiger partial charge in [-0.05, 0) is 27.7 Å². The SMILES string of the molecule is CC(S)NC(=O)OC(C)(C)C. The first-order chi connectivity index (χ1) is 4.81. The monoisotopic (exact) mass is 177 g/mol. The number of carbonyl (C=O) groups is 1. The molecule has 0 radical (unpaired) electrons. The Hall–Kier alpha value is -0.380. The summed E-state index contributed by atoms with van der Waals surface area (Å²) in [5.74, 6) is 0. The Bertz CT molecular complexity index is 140. The molecule has 0 spiro atoms. The van der Waals surface area contributed by atoms with Crippen molar-refractivity contribution >= 4 is 18.7 Å². The van der Waals surface area contributed by atoms with Crippen molar-refractivity contribution in [2.75, 3.05) is 0 Å². The zero-order chi connectivity index (χ0) is 9.07. The summed E-state index contributed by atoms with van der Waals surface area (Å²) in [6.07, 6.45) is -0.431. The van der Waals surface area contributed by atoms with Crippen LogP contribution in [0.1, 0.15) is 27.7 Å². The molecule has 0 aliphatic rings. The number of nitrogens with one attached hydrogen (secondary N) is 1. The average molecular weight is 177 g/mol. The summed E-state index contributed by atoms with van der Waals surface area (Å²) in [5, 5.41) is 2.33. The molecule has 1 amide bonds. The van der Waals surface area contributed by atoms with E-state index in [9.17, 15) is 4.79 Å². The summed E-state index contributed by atoms with van der Waals surface area (Å²) in [4.78, 5) is 10.9. The topological polar surface area (TPSA) is 38.3 Å². The average Bonchev–Trinajstić information content (AvgIpc) is 1.53. The molecule has 0 aliphatic carbocycles. The van der Waals surface area contributed by atoms with Gasteiger partial charge in [-0.2, -0.15) is 12.6 Å². The summed E-state index contributed by atoms with van der Waals surface area (Å²) in [6.45, 7) is 7.20. The van der Waals surface area contributed by atoms with Gasteiger partial charge in [0.2, 0.25) is 0 Å². The summed E-state index contributed by atoms with van der Waals surface area (Å²) >= 11 is 3.98. The van der Waals surface area contributed by atoms with Gasteiger partial charge >= 0.3 is 6.09 Å². The largest absolute Gasteiger partial charge is 0.444 e. The molecule has 1 atom stereocenters. The van der Waals surface area contributed by atoms with Crippen molar-refractivity contribution in [3.05, 3.63) is 0 Å². The molecule has 11 heavy (non-hydrogen) atoms. The van der Waals surface area contributed by atoms with Crippen molar-refractivity contribution in [3.63, 3.8) is 0 Å². The molecule has 0 aromatic carbocycles. The zero-order valence-electron chi connectivity index (χ0n) is 7.34. The Balaban J connectivity index is 3.71. The van der Waals surface area contributed by atoms with Crippen molar-refractivity contribution in [2.45, 2.75) is 38.7 Å². The minimum Gasteiger partial charge on any atom is -0.444 e. The van der Waals surface area contributed by atoms with Gasteiger partial charge < -0.3 is 10.1 Å². The predicted octanol–water partition coefficient (Wildman–Crippen LogP) is 1.79. The molecule has 0 saturated carbocycles. The molecule has 0 fully saturated rings. The highest BCUT2D eigenvalue weighted by atomic mass is 32.1. The molecule has 3 nitrogen and oxygen atoms in total. The summed E-state index contributed by atoms with van der Waals surface area (Å²) in [6, 6.07) is 0. The van der Waals surface area contributed by atoms with Crippen LogP contribution in [0.4, 0.5) is 4.79 Å². The van der Waals surface area contributed by atoms with Crippen molar-refractivity contribution in [1.29, 1.82) is 0 Å². The van der Waals surface area contributed by atoms with Crippen molar-refractivity contribution in [3.8, 4) is 0 Å².